The van der Waals surface area contributed by atoms with Crippen LogP contribution < -0.4 is 4.90 Å². The van der Waals surface area contributed by atoms with Crippen molar-refractivity contribution in [2.75, 3.05) is 37.6 Å². The fraction of sp³-hybridized carbons (Fsp3) is 0.474. The van der Waals surface area contributed by atoms with Crippen LogP contribution in [0.2, 0.25) is 0 Å². The monoisotopic (exact) mass is 355 g/mol. The van der Waals surface area contributed by atoms with E-state index in [1.54, 1.807) is 12.1 Å². The summed E-state index contributed by atoms with van der Waals surface area (Å²) in [5.74, 6) is 1.55. The lowest BCUT2D eigenvalue weighted by molar-refractivity contribution is -0.384. The number of hydrogen-bond donors (Lipinski definition) is 0. The quantitative estimate of drug-likeness (QED) is 0.605. The van der Waals surface area contributed by atoms with Crippen LogP contribution in [0.4, 0.5) is 11.5 Å². The zero-order valence-electron chi connectivity index (χ0n) is 15.4. The predicted octanol–water partition coefficient (Wildman–Crippen LogP) is 3.28. The van der Waals surface area contributed by atoms with Gasteiger partial charge in [-0.05, 0) is 45.0 Å². The van der Waals surface area contributed by atoms with Gasteiger partial charge in [0.25, 0.3) is 5.69 Å². The molecule has 1 aliphatic rings. The number of hydrogen-bond acceptors (Lipinski definition) is 6. The molecule has 0 atom stereocenters. The zero-order valence-corrected chi connectivity index (χ0v) is 15.4. The lowest BCUT2D eigenvalue weighted by Crippen LogP contribution is -2.31. The van der Waals surface area contributed by atoms with Crippen LogP contribution in [0.1, 0.15) is 25.5 Å². The van der Waals surface area contributed by atoms with Crippen LogP contribution in [-0.4, -0.2) is 52.5 Å². The molecule has 1 saturated heterocycles. The smallest absolute Gasteiger partial charge is 0.269 e. The van der Waals surface area contributed by atoms with Crippen molar-refractivity contribution in [3.05, 3.63) is 46.1 Å². The molecule has 7 heteroatoms. The molecule has 1 aromatic carbocycles. The van der Waals surface area contributed by atoms with Crippen LogP contribution >= 0.6 is 0 Å². The molecule has 1 fully saturated rings. The molecule has 7 nitrogen and oxygen atoms in total. The molecular weight excluding hydrogens is 330 g/mol. The fourth-order valence-corrected chi connectivity index (χ4v) is 3.32. The summed E-state index contributed by atoms with van der Waals surface area (Å²) >= 11 is 0. The average Bonchev–Trinajstić information content (AvgIpc) is 2.87. The van der Waals surface area contributed by atoms with E-state index in [4.69, 9.17) is 4.98 Å². The summed E-state index contributed by atoms with van der Waals surface area (Å²) in [6.07, 6.45) is 2.30. The van der Waals surface area contributed by atoms with E-state index in [1.807, 2.05) is 13.0 Å². The Morgan fingerprint density at radius 3 is 2.58 bits per heavy atom. The first-order chi connectivity index (χ1) is 12.6. The lowest BCUT2D eigenvalue weighted by atomic mass is 10.2. The highest BCUT2D eigenvalue weighted by atomic mass is 16.6. The molecular formula is C19H25N5O2. The molecule has 26 heavy (non-hydrogen) atoms. The number of aromatic nitrogens is 2. The van der Waals surface area contributed by atoms with Crippen molar-refractivity contribution >= 4 is 11.5 Å². The number of nitrogens with zero attached hydrogens (tertiary/aromatic N) is 5. The van der Waals surface area contributed by atoms with Crippen LogP contribution in [0.15, 0.2) is 30.3 Å². The van der Waals surface area contributed by atoms with Crippen LogP contribution in [-0.2, 0) is 0 Å². The van der Waals surface area contributed by atoms with E-state index in [1.165, 1.54) is 18.6 Å². The summed E-state index contributed by atoms with van der Waals surface area (Å²) in [7, 11) is 0. The van der Waals surface area contributed by atoms with Gasteiger partial charge in [-0.2, -0.15) is 0 Å². The molecule has 0 radical (unpaired) electrons. The van der Waals surface area contributed by atoms with Crippen molar-refractivity contribution in [2.24, 2.45) is 0 Å². The summed E-state index contributed by atoms with van der Waals surface area (Å²) < 4.78 is 0. The van der Waals surface area contributed by atoms with E-state index in [2.05, 4.69) is 21.7 Å². The van der Waals surface area contributed by atoms with Gasteiger partial charge < -0.3 is 9.80 Å². The summed E-state index contributed by atoms with van der Waals surface area (Å²) in [5.41, 5.74) is 1.77. The molecule has 0 bridgehead atoms. The number of rotatable bonds is 5. The third-order valence-corrected chi connectivity index (χ3v) is 4.63. The third-order valence-electron chi connectivity index (χ3n) is 4.63. The van der Waals surface area contributed by atoms with E-state index in [9.17, 15) is 10.1 Å². The second kappa shape index (κ2) is 8.23. The van der Waals surface area contributed by atoms with Gasteiger partial charge in [0, 0.05) is 49.1 Å². The Balaban J connectivity index is 1.82. The lowest BCUT2D eigenvalue weighted by Gasteiger charge is -2.23. The van der Waals surface area contributed by atoms with Gasteiger partial charge in [0.15, 0.2) is 5.82 Å². The Bertz CT molecular complexity index is 763. The second-order valence-electron chi connectivity index (χ2n) is 6.68. The molecule has 0 aliphatic carbocycles. The molecule has 0 unspecified atom stereocenters. The highest BCUT2D eigenvalue weighted by Crippen LogP contribution is 2.23. The predicted molar refractivity (Wildman–Crippen MR) is 102 cm³/mol. The average molecular weight is 355 g/mol. The number of aryl methyl sites for hydroxylation is 1. The van der Waals surface area contributed by atoms with E-state index in [-0.39, 0.29) is 5.69 Å². The van der Waals surface area contributed by atoms with E-state index < -0.39 is 4.92 Å². The van der Waals surface area contributed by atoms with Crippen LogP contribution in [0.25, 0.3) is 11.4 Å². The largest absolute Gasteiger partial charge is 0.355 e. The molecule has 2 aromatic rings. The molecule has 0 spiro atoms. The summed E-state index contributed by atoms with van der Waals surface area (Å²) in [5, 5.41) is 10.8. The minimum Gasteiger partial charge on any atom is -0.355 e. The SMILES string of the molecule is CCCN1CCCN(c2cc(C)nc(-c3ccc([N+](=O)[O-])cc3)n2)CC1. The normalized spacial score (nSPS) is 15.7. The van der Waals surface area contributed by atoms with Crippen molar-refractivity contribution in [1.29, 1.82) is 0 Å². The van der Waals surface area contributed by atoms with Gasteiger partial charge in [0.05, 0.1) is 4.92 Å². The highest BCUT2D eigenvalue weighted by Gasteiger charge is 2.17. The number of nitro groups is 1. The van der Waals surface area contributed by atoms with Gasteiger partial charge in [0.2, 0.25) is 0 Å². The summed E-state index contributed by atoms with van der Waals surface area (Å²) in [4.78, 5) is 24.5. The van der Waals surface area contributed by atoms with E-state index >= 15 is 0 Å². The first kappa shape index (κ1) is 18.3. The molecule has 0 amide bonds. The van der Waals surface area contributed by atoms with Gasteiger partial charge in [-0.3, -0.25) is 10.1 Å². The zero-order chi connectivity index (χ0) is 18.5. The van der Waals surface area contributed by atoms with Crippen molar-refractivity contribution < 1.29 is 4.92 Å². The van der Waals surface area contributed by atoms with Crippen LogP contribution in [0.5, 0.6) is 0 Å². The molecule has 3 rings (SSSR count). The summed E-state index contributed by atoms with van der Waals surface area (Å²) in [6.45, 7) is 9.43. The highest BCUT2D eigenvalue weighted by molar-refractivity contribution is 5.60. The number of benzene rings is 1. The summed E-state index contributed by atoms with van der Waals surface area (Å²) in [6, 6.07) is 8.43. The Kier molecular flexibility index (Phi) is 5.78. The van der Waals surface area contributed by atoms with E-state index in [0.29, 0.717) is 5.82 Å². The Hall–Kier alpha value is -2.54. The third kappa shape index (κ3) is 4.35. The van der Waals surface area contributed by atoms with Crippen molar-refractivity contribution in [3.8, 4) is 11.4 Å². The number of non-ortho nitro benzene ring substituents is 1. The minimum atomic E-state index is -0.397. The molecule has 138 valence electrons. The molecule has 0 N–H and O–H groups in total. The van der Waals surface area contributed by atoms with Gasteiger partial charge in [-0.1, -0.05) is 6.92 Å². The van der Waals surface area contributed by atoms with Gasteiger partial charge in [-0.15, -0.1) is 0 Å². The molecule has 1 aliphatic heterocycles. The van der Waals surface area contributed by atoms with Crippen molar-refractivity contribution in [2.45, 2.75) is 26.7 Å². The minimum absolute atomic E-state index is 0.0742. The number of anilines is 1. The topological polar surface area (TPSA) is 75.4 Å². The van der Waals surface area contributed by atoms with Crippen LogP contribution in [0, 0.1) is 17.0 Å². The van der Waals surface area contributed by atoms with Crippen molar-refractivity contribution in [1.82, 2.24) is 14.9 Å². The fourth-order valence-electron chi connectivity index (χ4n) is 3.32. The van der Waals surface area contributed by atoms with Crippen molar-refractivity contribution in [3.63, 3.8) is 0 Å². The maximum Gasteiger partial charge on any atom is 0.269 e. The molecule has 0 saturated carbocycles. The first-order valence-corrected chi connectivity index (χ1v) is 9.14. The molecule has 2 heterocycles. The first-order valence-electron chi connectivity index (χ1n) is 9.14. The number of nitro benzene ring substituents is 1. The standard InChI is InChI=1S/C19H25N5O2/c1-3-9-22-10-4-11-23(13-12-22)18-14-15(2)20-19(21-18)16-5-7-17(8-6-16)24(25)26/h5-8,14H,3-4,9-13H2,1-2H3. The van der Waals surface area contributed by atoms with Gasteiger partial charge in [0.1, 0.15) is 5.82 Å². The van der Waals surface area contributed by atoms with Crippen LogP contribution in [0.3, 0.4) is 0 Å². The van der Waals surface area contributed by atoms with E-state index in [0.717, 1.165) is 56.2 Å². The van der Waals surface area contributed by atoms with Gasteiger partial charge in [-0.25, -0.2) is 9.97 Å². The second-order valence-corrected chi connectivity index (χ2v) is 6.68. The Morgan fingerprint density at radius 2 is 1.88 bits per heavy atom. The van der Waals surface area contributed by atoms with Gasteiger partial charge >= 0.3 is 0 Å². The maximum atomic E-state index is 10.8. The maximum absolute atomic E-state index is 10.8. The Labute approximate surface area is 153 Å². The Morgan fingerprint density at radius 1 is 1.12 bits per heavy atom. The molecule has 1 aromatic heterocycles.